The minimum Gasteiger partial charge on any atom is -0.355 e. The molecule has 0 rings (SSSR count). The van der Waals surface area contributed by atoms with Gasteiger partial charge in [0.25, 0.3) is 7.59 Å². The molecule has 0 bridgehead atoms. The van der Waals surface area contributed by atoms with Crippen molar-refractivity contribution >= 4 is 36.6 Å². The van der Waals surface area contributed by atoms with Crippen LogP contribution in [0.4, 0.5) is 0 Å². The Balaban J connectivity index is 5.94. The lowest BCUT2D eigenvalue weighted by atomic mass is 10.2. The molecule has 0 fully saturated rings. The van der Waals surface area contributed by atoms with Gasteiger partial charge in [0, 0.05) is 77.8 Å². The molecular weight excluding hydrogens is 459 g/mol. The van der Waals surface area contributed by atoms with Gasteiger partial charge in [-0.05, 0) is 27.2 Å². The summed E-state index contributed by atoms with van der Waals surface area (Å²) in [5, 5.41) is 5.82. The summed E-state index contributed by atoms with van der Waals surface area (Å²) in [6, 6.07) is 0. The molecule has 1 amide bonds. The van der Waals surface area contributed by atoms with Crippen molar-refractivity contribution in [2.75, 3.05) is 39.3 Å². The predicted octanol–water partition coefficient (Wildman–Crippen LogP) is 2.51. The maximum atomic E-state index is 14.5. The molecule has 0 aliphatic heterocycles. The first-order valence-electron chi connectivity index (χ1n) is 12.1. The van der Waals surface area contributed by atoms with Gasteiger partial charge in [-0.2, -0.15) is 0 Å². The molecule has 0 aromatic heterocycles. The zero-order valence-electron chi connectivity index (χ0n) is 21.5. The Morgan fingerprint density at radius 2 is 1.12 bits per heavy atom. The van der Waals surface area contributed by atoms with E-state index in [0.29, 0.717) is 19.3 Å². The van der Waals surface area contributed by atoms with Crippen molar-refractivity contribution in [1.29, 1.82) is 0 Å². The van der Waals surface area contributed by atoms with E-state index >= 15 is 0 Å². The molecule has 2 N–H and O–H groups in total. The molecule has 0 aliphatic rings. The van der Waals surface area contributed by atoms with Crippen LogP contribution < -0.4 is 10.4 Å². The molecule has 10 nitrogen and oxygen atoms in total. The monoisotopic (exact) mass is 502 g/mol. The van der Waals surface area contributed by atoms with Crippen molar-refractivity contribution in [1.82, 2.24) is 19.7 Å². The Hall–Kier alpha value is -1.74. The zero-order chi connectivity index (χ0) is 26.1. The van der Waals surface area contributed by atoms with Crippen LogP contribution in [0.25, 0.3) is 0 Å². The second-order valence-electron chi connectivity index (χ2n) is 8.46. The van der Waals surface area contributed by atoms with Crippen molar-refractivity contribution in [2.24, 2.45) is 0 Å². The fraction of sp³-hybridized carbons (Fsp3) is 0.783. The number of hydrogen-bond donors (Lipinski definition) is 2. The largest absolute Gasteiger partial charge is 0.355 e. The van der Waals surface area contributed by atoms with Gasteiger partial charge in [-0.3, -0.25) is 28.5 Å². The van der Waals surface area contributed by atoms with Crippen molar-refractivity contribution in [3.63, 3.8) is 0 Å². The Kier molecular flexibility index (Phi) is 16.8. The molecule has 0 radical (unpaired) electrons. The molecule has 196 valence electrons. The normalized spacial score (nSPS) is 13.0. The van der Waals surface area contributed by atoms with Gasteiger partial charge in [-0.25, -0.2) is 14.4 Å². The van der Waals surface area contributed by atoms with Gasteiger partial charge in [-0.15, -0.1) is 0 Å². The van der Waals surface area contributed by atoms with E-state index in [1.165, 1.54) is 20.8 Å². The summed E-state index contributed by atoms with van der Waals surface area (Å²) in [5.74, 6) is -0.342. The van der Waals surface area contributed by atoms with Crippen LogP contribution >= 0.6 is 7.59 Å². The predicted molar refractivity (Wildman–Crippen MR) is 132 cm³/mol. The van der Waals surface area contributed by atoms with Gasteiger partial charge in [-0.1, -0.05) is 13.8 Å². The molecule has 11 heteroatoms. The van der Waals surface area contributed by atoms with Crippen LogP contribution in [-0.4, -0.2) is 77.6 Å². The highest BCUT2D eigenvalue weighted by molar-refractivity contribution is 7.57. The lowest BCUT2D eigenvalue weighted by Crippen LogP contribution is -2.43. The van der Waals surface area contributed by atoms with E-state index in [1.54, 1.807) is 16.3 Å². The van der Waals surface area contributed by atoms with Crippen LogP contribution in [0.2, 0.25) is 0 Å². The van der Waals surface area contributed by atoms with E-state index in [4.69, 9.17) is 0 Å². The number of ketones is 4. The van der Waals surface area contributed by atoms with Gasteiger partial charge in [0.2, 0.25) is 5.91 Å². The molecule has 0 aliphatic carbocycles. The SMILES string of the molecule is CCCC(=O)NCCNP(=O)(N(CCC(C)=O)CCC(C)=O)N(CCC(C)=O)CCC(=O)CC. The summed E-state index contributed by atoms with van der Waals surface area (Å²) in [5.41, 5.74) is 0. The standard InChI is InChI=1S/C23H43N4O6P/c1-6-8-23(32)24-13-14-25-34(33,26(15-9-19(3)28)16-10-20(4)29)27(17-11-21(5)30)18-12-22(31)7-2/h6-18H2,1-5H3,(H,24,32)(H,25,33). The maximum absolute atomic E-state index is 14.5. The second-order valence-corrected chi connectivity index (χ2v) is 11.0. The molecule has 1 atom stereocenters. The molecule has 0 aromatic rings. The summed E-state index contributed by atoms with van der Waals surface area (Å²) in [7, 11) is -3.59. The minimum atomic E-state index is -3.59. The number of nitrogens with zero attached hydrogens (tertiary/aromatic N) is 2. The Morgan fingerprint density at radius 3 is 1.50 bits per heavy atom. The second kappa shape index (κ2) is 17.7. The van der Waals surface area contributed by atoms with E-state index in [0.717, 1.165) is 0 Å². The molecule has 0 saturated heterocycles. The molecule has 0 spiro atoms. The quantitative estimate of drug-likeness (QED) is 0.179. The van der Waals surface area contributed by atoms with E-state index in [-0.39, 0.29) is 94.0 Å². The number of nitrogens with one attached hydrogen (secondary N) is 2. The van der Waals surface area contributed by atoms with Gasteiger partial charge < -0.3 is 5.32 Å². The van der Waals surface area contributed by atoms with Crippen LogP contribution in [0.15, 0.2) is 0 Å². The highest BCUT2D eigenvalue weighted by Gasteiger charge is 2.37. The highest BCUT2D eigenvalue weighted by atomic mass is 31.2. The summed E-state index contributed by atoms with van der Waals surface area (Å²) >= 11 is 0. The number of hydrogen-bond acceptors (Lipinski definition) is 6. The number of carbonyl (C=O) groups is 5. The summed E-state index contributed by atoms with van der Waals surface area (Å²) in [6.07, 6.45) is 2.06. The first-order valence-corrected chi connectivity index (χ1v) is 13.7. The van der Waals surface area contributed by atoms with Crippen molar-refractivity contribution in [3.8, 4) is 0 Å². The highest BCUT2D eigenvalue weighted by Crippen LogP contribution is 2.49. The Labute approximate surface area is 204 Å². The van der Waals surface area contributed by atoms with Gasteiger partial charge in [0.15, 0.2) is 0 Å². The van der Waals surface area contributed by atoms with Crippen LogP contribution in [0, 0.1) is 0 Å². The molecule has 0 saturated carbocycles. The lowest BCUT2D eigenvalue weighted by molar-refractivity contribution is -0.121. The maximum Gasteiger partial charge on any atom is 0.284 e. The summed E-state index contributed by atoms with van der Waals surface area (Å²) in [6.45, 7) is 9.06. The van der Waals surface area contributed by atoms with Gasteiger partial charge >= 0.3 is 0 Å². The van der Waals surface area contributed by atoms with Crippen LogP contribution in [-0.2, 0) is 28.5 Å². The van der Waals surface area contributed by atoms with Crippen molar-refractivity contribution < 1.29 is 28.5 Å². The van der Waals surface area contributed by atoms with E-state index in [9.17, 15) is 28.5 Å². The summed E-state index contributed by atoms with van der Waals surface area (Å²) in [4.78, 5) is 58.9. The average Bonchev–Trinajstić information content (AvgIpc) is 2.75. The fourth-order valence-electron chi connectivity index (χ4n) is 3.15. The zero-order valence-corrected chi connectivity index (χ0v) is 22.4. The van der Waals surface area contributed by atoms with Crippen LogP contribution in [0.5, 0.6) is 0 Å². The van der Waals surface area contributed by atoms with Crippen molar-refractivity contribution in [3.05, 3.63) is 0 Å². The van der Waals surface area contributed by atoms with E-state index < -0.39 is 7.59 Å². The number of rotatable bonds is 21. The first-order chi connectivity index (χ1) is 16.0. The van der Waals surface area contributed by atoms with Crippen LogP contribution in [0.1, 0.15) is 79.6 Å². The van der Waals surface area contributed by atoms with E-state index in [2.05, 4.69) is 10.4 Å². The average molecular weight is 503 g/mol. The Bertz CT molecular complexity index is 725. The smallest absolute Gasteiger partial charge is 0.284 e. The Morgan fingerprint density at radius 1 is 0.676 bits per heavy atom. The van der Waals surface area contributed by atoms with E-state index in [1.807, 2.05) is 6.92 Å². The third-order valence-electron chi connectivity index (χ3n) is 5.22. The van der Waals surface area contributed by atoms with Crippen molar-refractivity contribution in [2.45, 2.75) is 79.6 Å². The van der Waals surface area contributed by atoms with Gasteiger partial charge in [0.1, 0.15) is 23.1 Å². The number of amides is 1. The summed E-state index contributed by atoms with van der Waals surface area (Å²) < 4.78 is 17.7. The van der Waals surface area contributed by atoms with Gasteiger partial charge in [0.05, 0.1) is 0 Å². The number of Topliss-reactive ketones (excluding diaryl/α,β-unsaturated/α-hetero) is 4. The molecule has 1 unspecified atom stereocenters. The lowest BCUT2D eigenvalue weighted by Gasteiger charge is -2.39. The number of carbonyl (C=O) groups excluding carboxylic acids is 5. The first kappa shape index (κ1) is 32.3. The minimum absolute atomic E-state index is 0.00484. The van der Waals surface area contributed by atoms with Crippen LogP contribution in [0.3, 0.4) is 0 Å². The third-order valence-corrected chi connectivity index (χ3v) is 8.19. The molecule has 0 aromatic carbocycles. The molecular formula is C23H43N4O6P. The topological polar surface area (TPSA) is 133 Å². The molecule has 0 heterocycles. The fourth-order valence-corrected chi connectivity index (χ4v) is 5.80. The third kappa shape index (κ3) is 13.8. The molecule has 34 heavy (non-hydrogen) atoms.